The Morgan fingerprint density at radius 2 is 2.00 bits per heavy atom. The van der Waals surface area contributed by atoms with Crippen molar-refractivity contribution < 1.29 is 13.2 Å². The Labute approximate surface area is 152 Å². The van der Waals surface area contributed by atoms with Gasteiger partial charge in [0.2, 0.25) is 15.9 Å². The lowest BCUT2D eigenvalue weighted by molar-refractivity contribution is -0.121. The second kappa shape index (κ2) is 8.49. The van der Waals surface area contributed by atoms with Crippen LogP contribution in [-0.2, 0) is 14.8 Å². The van der Waals surface area contributed by atoms with Crippen LogP contribution in [0.1, 0.15) is 26.2 Å². The van der Waals surface area contributed by atoms with Gasteiger partial charge >= 0.3 is 0 Å². The summed E-state index contributed by atoms with van der Waals surface area (Å²) in [6, 6.07) is 4.96. The van der Waals surface area contributed by atoms with Crippen LogP contribution in [0.15, 0.2) is 23.1 Å². The zero-order chi connectivity index (χ0) is 17.7. The maximum Gasteiger partial charge on any atom is 0.243 e. The van der Waals surface area contributed by atoms with Crippen molar-refractivity contribution in [3.05, 3.63) is 28.2 Å². The topological polar surface area (TPSA) is 87.3 Å². The first-order valence-electron chi connectivity index (χ1n) is 7.76. The summed E-state index contributed by atoms with van der Waals surface area (Å²) in [7, 11) is -3.86. The maximum atomic E-state index is 12.3. The number of sulfonamides is 1. The molecule has 0 bridgehead atoms. The average Bonchev–Trinajstić information content (AvgIpc) is 2.46. The molecule has 1 heterocycles. The third-order valence-corrected chi connectivity index (χ3v) is 6.24. The van der Waals surface area contributed by atoms with Crippen molar-refractivity contribution in [2.75, 3.05) is 13.1 Å². The summed E-state index contributed by atoms with van der Waals surface area (Å²) in [5, 5.41) is 6.33. The van der Waals surface area contributed by atoms with E-state index < -0.39 is 10.0 Å². The van der Waals surface area contributed by atoms with Crippen molar-refractivity contribution in [1.29, 1.82) is 0 Å². The largest absolute Gasteiger partial charge is 0.353 e. The molecule has 1 fully saturated rings. The van der Waals surface area contributed by atoms with Crippen LogP contribution < -0.4 is 15.4 Å². The van der Waals surface area contributed by atoms with Gasteiger partial charge < -0.3 is 10.6 Å². The van der Waals surface area contributed by atoms with E-state index in [1.54, 1.807) is 6.07 Å². The molecule has 3 N–H and O–H groups in total. The van der Waals surface area contributed by atoms with Gasteiger partial charge in [-0.2, -0.15) is 0 Å². The van der Waals surface area contributed by atoms with Crippen molar-refractivity contribution in [2.24, 2.45) is 0 Å². The minimum Gasteiger partial charge on any atom is -0.353 e. The smallest absolute Gasteiger partial charge is 0.243 e. The van der Waals surface area contributed by atoms with Gasteiger partial charge in [-0.05, 0) is 38.4 Å². The molecule has 2 atom stereocenters. The van der Waals surface area contributed by atoms with Crippen LogP contribution in [0.25, 0.3) is 0 Å². The fourth-order valence-electron chi connectivity index (χ4n) is 2.67. The highest BCUT2D eigenvalue weighted by atomic mass is 35.5. The SMILES string of the molecule is CC1CC(NC(=O)CCNS(=O)(=O)c2c(Cl)cccc2Cl)CCN1. The zero-order valence-electron chi connectivity index (χ0n) is 13.3. The Morgan fingerprint density at radius 3 is 2.62 bits per heavy atom. The van der Waals surface area contributed by atoms with E-state index in [1.165, 1.54) is 12.1 Å². The molecule has 1 amide bonds. The lowest BCUT2D eigenvalue weighted by atomic mass is 10.0. The van der Waals surface area contributed by atoms with E-state index in [4.69, 9.17) is 23.2 Å². The fourth-order valence-corrected chi connectivity index (χ4v) is 4.84. The number of carbonyl (C=O) groups excluding carboxylic acids is 1. The Morgan fingerprint density at radius 1 is 1.33 bits per heavy atom. The third kappa shape index (κ3) is 5.32. The van der Waals surface area contributed by atoms with E-state index in [9.17, 15) is 13.2 Å². The van der Waals surface area contributed by atoms with Crippen LogP contribution in [0.4, 0.5) is 0 Å². The van der Waals surface area contributed by atoms with Gasteiger partial charge in [-0.15, -0.1) is 0 Å². The Bertz CT molecular complexity index is 677. The maximum absolute atomic E-state index is 12.3. The molecule has 134 valence electrons. The molecule has 0 radical (unpaired) electrons. The van der Waals surface area contributed by atoms with E-state index in [0.717, 1.165) is 19.4 Å². The number of piperidine rings is 1. The van der Waals surface area contributed by atoms with Crippen molar-refractivity contribution >= 4 is 39.1 Å². The predicted molar refractivity (Wildman–Crippen MR) is 94.9 cm³/mol. The first-order valence-corrected chi connectivity index (χ1v) is 10.00. The summed E-state index contributed by atoms with van der Waals surface area (Å²) < 4.78 is 26.9. The van der Waals surface area contributed by atoms with E-state index in [2.05, 4.69) is 22.3 Å². The normalized spacial score (nSPS) is 21.5. The molecule has 0 spiro atoms. The first kappa shape index (κ1) is 19.5. The van der Waals surface area contributed by atoms with Crippen molar-refractivity contribution in [3.63, 3.8) is 0 Å². The van der Waals surface area contributed by atoms with Crippen LogP contribution in [0.2, 0.25) is 10.0 Å². The highest BCUT2D eigenvalue weighted by molar-refractivity contribution is 7.89. The molecule has 6 nitrogen and oxygen atoms in total. The summed E-state index contributed by atoms with van der Waals surface area (Å²) in [4.78, 5) is 11.8. The van der Waals surface area contributed by atoms with Crippen LogP contribution in [0.5, 0.6) is 0 Å². The van der Waals surface area contributed by atoms with Gasteiger partial charge in [0, 0.05) is 25.0 Å². The number of amides is 1. The number of nitrogens with one attached hydrogen (secondary N) is 3. The molecule has 0 aromatic heterocycles. The van der Waals surface area contributed by atoms with E-state index in [0.29, 0.717) is 6.04 Å². The first-order chi connectivity index (χ1) is 11.3. The lowest BCUT2D eigenvalue weighted by Gasteiger charge is -2.28. The van der Waals surface area contributed by atoms with Crippen molar-refractivity contribution in [2.45, 2.75) is 43.2 Å². The molecule has 2 unspecified atom stereocenters. The zero-order valence-corrected chi connectivity index (χ0v) is 15.6. The summed E-state index contributed by atoms with van der Waals surface area (Å²) in [5.74, 6) is -0.179. The van der Waals surface area contributed by atoms with Gasteiger partial charge in [-0.3, -0.25) is 4.79 Å². The van der Waals surface area contributed by atoms with Gasteiger partial charge in [-0.1, -0.05) is 29.3 Å². The van der Waals surface area contributed by atoms with Crippen LogP contribution in [0, 0.1) is 0 Å². The third-order valence-electron chi connectivity index (χ3n) is 3.82. The lowest BCUT2D eigenvalue weighted by Crippen LogP contribution is -2.47. The monoisotopic (exact) mass is 393 g/mol. The van der Waals surface area contributed by atoms with E-state index in [1.807, 2.05) is 0 Å². The van der Waals surface area contributed by atoms with Crippen molar-refractivity contribution in [1.82, 2.24) is 15.4 Å². The highest BCUT2D eigenvalue weighted by Gasteiger charge is 2.22. The number of rotatable bonds is 6. The Kier molecular flexibility index (Phi) is 6.88. The van der Waals surface area contributed by atoms with Gasteiger partial charge in [0.1, 0.15) is 4.90 Å². The summed E-state index contributed by atoms with van der Waals surface area (Å²) >= 11 is 11.8. The van der Waals surface area contributed by atoms with E-state index >= 15 is 0 Å². The summed E-state index contributed by atoms with van der Waals surface area (Å²) in [6.07, 6.45) is 1.79. The number of carbonyl (C=O) groups is 1. The number of hydrogen-bond acceptors (Lipinski definition) is 4. The Hall–Kier alpha value is -0.860. The second-order valence-corrected chi connectivity index (χ2v) is 8.36. The van der Waals surface area contributed by atoms with Crippen LogP contribution in [-0.4, -0.2) is 39.5 Å². The molecular formula is C15H21Cl2N3O3S. The van der Waals surface area contributed by atoms with Gasteiger partial charge in [0.15, 0.2) is 0 Å². The van der Waals surface area contributed by atoms with Gasteiger partial charge in [0.05, 0.1) is 10.0 Å². The molecule has 1 saturated heterocycles. The number of benzene rings is 1. The standard InChI is InChI=1S/C15H21Cl2N3O3S/c1-10-9-11(5-7-18-10)20-14(21)6-8-19-24(22,23)15-12(16)3-2-4-13(15)17/h2-4,10-11,18-19H,5-9H2,1H3,(H,20,21). The molecule has 0 aliphatic carbocycles. The Balaban J connectivity index is 1.85. The molecule has 1 aromatic rings. The molecule has 1 aromatic carbocycles. The quantitative estimate of drug-likeness (QED) is 0.688. The molecule has 0 saturated carbocycles. The minimum absolute atomic E-state index is 0.0176. The average molecular weight is 394 g/mol. The van der Waals surface area contributed by atoms with Crippen LogP contribution >= 0.6 is 23.2 Å². The molecule has 1 aliphatic heterocycles. The molecule has 24 heavy (non-hydrogen) atoms. The van der Waals surface area contributed by atoms with Crippen LogP contribution in [0.3, 0.4) is 0 Å². The number of halogens is 2. The molecular weight excluding hydrogens is 373 g/mol. The second-order valence-electron chi connectivity index (χ2n) is 5.84. The predicted octanol–water partition coefficient (Wildman–Crippen LogP) is 1.92. The molecule has 9 heteroatoms. The minimum atomic E-state index is -3.86. The number of hydrogen-bond donors (Lipinski definition) is 3. The highest BCUT2D eigenvalue weighted by Crippen LogP contribution is 2.28. The molecule has 1 aliphatic rings. The summed E-state index contributed by atoms with van der Waals surface area (Å²) in [5.41, 5.74) is 0. The molecule has 2 rings (SSSR count). The fraction of sp³-hybridized carbons (Fsp3) is 0.533. The summed E-state index contributed by atoms with van der Waals surface area (Å²) in [6.45, 7) is 2.92. The van der Waals surface area contributed by atoms with Gasteiger partial charge in [0.25, 0.3) is 0 Å². The van der Waals surface area contributed by atoms with Crippen molar-refractivity contribution in [3.8, 4) is 0 Å². The van der Waals surface area contributed by atoms with E-state index in [-0.39, 0.29) is 39.9 Å². The van der Waals surface area contributed by atoms with Gasteiger partial charge in [-0.25, -0.2) is 13.1 Å².